The molecular formula is C24H24N4O2. The van der Waals surface area contributed by atoms with E-state index in [9.17, 15) is 4.79 Å². The third-order valence-corrected chi connectivity index (χ3v) is 4.90. The van der Waals surface area contributed by atoms with E-state index in [1.54, 1.807) is 18.3 Å². The molecule has 5 rings (SSSR count). The number of amides is 1. The van der Waals surface area contributed by atoms with Gasteiger partial charge in [-0.05, 0) is 42.0 Å². The molecule has 0 aliphatic rings. The Hall–Kier alpha value is -3.93. The molecule has 0 aliphatic carbocycles. The molecule has 0 atom stereocenters. The molecule has 5 aromatic rings. The normalized spacial score (nSPS) is 10.8. The number of nitrogens with zero attached hydrogens (tertiary/aromatic N) is 3. The monoisotopic (exact) mass is 400 g/mol. The van der Waals surface area contributed by atoms with E-state index < -0.39 is 5.91 Å². The summed E-state index contributed by atoms with van der Waals surface area (Å²) < 4.78 is 8.03. The first-order chi connectivity index (χ1) is 14.6. The van der Waals surface area contributed by atoms with Crippen LogP contribution in [0.5, 0.6) is 0 Å². The van der Waals surface area contributed by atoms with E-state index in [1.807, 2.05) is 74.2 Å². The molecule has 1 amide bonds. The van der Waals surface area contributed by atoms with Crippen molar-refractivity contribution in [2.75, 3.05) is 0 Å². The van der Waals surface area contributed by atoms with Crippen molar-refractivity contribution in [1.82, 2.24) is 14.8 Å². The average molecular weight is 400 g/mol. The summed E-state index contributed by atoms with van der Waals surface area (Å²) in [6, 6.07) is 17.1. The van der Waals surface area contributed by atoms with Crippen LogP contribution >= 0.6 is 0 Å². The van der Waals surface area contributed by atoms with Crippen molar-refractivity contribution in [2.45, 2.75) is 13.8 Å². The highest BCUT2D eigenvalue weighted by molar-refractivity contribution is 5.97. The van der Waals surface area contributed by atoms with Crippen molar-refractivity contribution in [1.29, 1.82) is 0 Å². The molecule has 0 spiro atoms. The molecule has 6 nitrogen and oxygen atoms in total. The van der Waals surface area contributed by atoms with Crippen molar-refractivity contribution in [2.24, 2.45) is 12.8 Å². The lowest BCUT2D eigenvalue weighted by Crippen LogP contribution is -2.10. The molecule has 0 saturated heterocycles. The maximum Gasteiger partial charge on any atom is 0.248 e. The topological polar surface area (TPSA) is 86.9 Å². The quantitative estimate of drug-likeness (QED) is 0.438. The number of hydrogen-bond acceptors (Lipinski definition) is 4. The second-order valence-corrected chi connectivity index (χ2v) is 6.67. The number of benzene rings is 2. The lowest BCUT2D eigenvalue weighted by molar-refractivity contribution is 0.100. The van der Waals surface area contributed by atoms with E-state index >= 15 is 0 Å². The fraction of sp³-hybridized carbons (Fsp3) is 0.125. The fourth-order valence-electron chi connectivity index (χ4n) is 3.46. The molecule has 3 heterocycles. The van der Waals surface area contributed by atoms with Crippen molar-refractivity contribution in [3.05, 3.63) is 72.6 Å². The van der Waals surface area contributed by atoms with Crippen LogP contribution in [0.1, 0.15) is 25.6 Å². The number of aromatic nitrogens is 3. The molecule has 2 aromatic carbocycles. The first kappa shape index (κ1) is 19.4. The van der Waals surface area contributed by atoms with Gasteiger partial charge in [-0.2, -0.15) is 5.10 Å². The Balaban J connectivity index is 0.000000883. The van der Waals surface area contributed by atoms with Crippen LogP contribution in [0.15, 0.2) is 71.4 Å². The number of pyridine rings is 1. The zero-order chi connectivity index (χ0) is 21.3. The van der Waals surface area contributed by atoms with Gasteiger partial charge in [-0.25, -0.2) is 0 Å². The van der Waals surface area contributed by atoms with E-state index in [4.69, 9.17) is 10.2 Å². The summed E-state index contributed by atoms with van der Waals surface area (Å²) in [6.07, 6.45) is 3.57. The molecule has 0 fully saturated rings. The minimum atomic E-state index is -0.461. The molecule has 0 bridgehead atoms. The number of primary amides is 1. The number of carbonyl (C=O) groups is 1. The lowest BCUT2D eigenvalue weighted by atomic mass is 10.0. The van der Waals surface area contributed by atoms with Crippen molar-refractivity contribution in [3.63, 3.8) is 0 Å². The first-order valence-corrected chi connectivity index (χ1v) is 9.81. The number of nitrogens with two attached hydrogens (primary N) is 1. The lowest BCUT2D eigenvalue weighted by Gasteiger charge is -2.04. The Kier molecular flexibility index (Phi) is 5.06. The average Bonchev–Trinajstić information content (AvgIpc) is 3.38. The largest absolute Gasteiger partial charge is 0.454 e. The van der Waals surface area contributed by atoms with E-state index in [0.29, 0.717) is 11.1 Å². The van der Waals surface area contributed by atoms with Gasteiger partial charge in [0.2, 0.25) is 5.91 Å². The van der Waals surface area contributed by atoms with Crippen LogP contribution in [0.3, 0.4) is 0 Å². The maximum atomic E-state index is 11.5. The van der Waals surface area contributed by atoms with Crippen molar-refractivity contribution < 1.29 is 10.6 Å². The van der Waals surface area contributed by atoms with E-state index in [1.165, 1.54) is 0 Å². The van der Waals surface area contributed by atoms with Crippen LogP contribution in [-0.2, 0) is 7.05 Å². The molecule has 0 saturated carbocycles. The molecule has 2 N–H and O–H groups in total. The van der Waals surface area contributed by atoms with Crippen LogP contribution in [0.25, 0.3) is 44.5 Å². The van der Waals surface area contributed by atoms with Crippen molar-refractivity contribution in [3.8, 4) is 22.5 Å². The summed E-state index contributed by atoms with van der Waals surface area (Å²) in [5, 5.41) is 5.33. The molecule has 0 aliphatic heterocycles. The van der Waals surface area contributed by atoms with Gasteiger partial charge in [-0.15, -0.1) is 0 Å². The Morgan fingerprint density at radius 2 is 1.90 bits per heavy atom. The van der Waals surface area contributed by atoms with Gasteiger partial charge in [-0.3, -0.25) is 14.5 Å². The Bertz CT molecular complexity index is 1370. The SMILES string of the molecule is CC.Cn1ncc2cc(-c3cc4nccc(-c5cccc(C(N)=O)c5)c4o3)ccc21.[HH]. The predicted molar refractivity (Wildman–Crippen MR) is 121 cm³/mol. The van der Waals surface area contributed by atoms with Gasteiger partial charge in [0.1, 0.15) is 11.3 Å². The summed E-state index contributed by atoms with van der Waals surface area (Å²) in [6.45, 7) is 4.00. The molecular weight excluding hydrogens is 376 g/mol. The molecule has 152 valence electrons. The fourth-order valence-corrected chi connectivity index (χ4v) is 3.46. The maximum absolute atomic E-state index is 11.5. The first-order valence-electron chi connectivity index (χ1n) is 9.81. The van der Waals surface area contributed by atoms with Crippen LogP contribution in [0, 0.1) is 0 Å². The zero-order valence-corrected chi connectivity index (χ0v) is 17.1. The van der Waals surface area contributed by atoms with Crippen LogP contribution in [0.2, 0.25) is 0 Å². The Morgan fingerprint density at radius 3 is 2.70 bits per heavy atom. The van der Waals surface area contributed by atoms with Crippen LogP contribution in [0.4, 0.5) is 0 Å². The van der Waals surface area contributed by atoms with E-state index in [-0.39, 0.29) is 1.43 Å². The summed E-state index contributed by atoms with van der Waals surface area (Å²) in [5.74, 6) is 0.267. The third-order valence-electron chi connectivity index (χ3n) is 4.90. The van der Waals surface area contributed by atoms with E-state index in [0.717, 1.165) is 38.9 Å². The minimum Gasteiger partial charge on any atom is -0.454 e. The summed E-state index contributed by atoms with van der Waals surface area (Å²) in [7, 11) is 1.92. The molecule has 0 radical (unpaired) electrons. The molecule has 0 unspecified atom stereocenters. The number of hydrogen-bond donors (Lipinski definition) is 1. The van der Waals surface area contributed by atoms with Gasteiger partial charge in [0.25, 0.3) is 0 Å². The summed E-state index contributed by atoms with van der Waals surface area (Å²) >= 11 is 0. The van der Waals surface area contributed by atoms with Gasteiger partial charge < -0.3 is 10.2 Å². The molecule has 3 aromatic heterocycles. The van der Waals surface area contributed by atoms with Gasteiger partial charge in [0, 0.05) is 42.8 Å². The molecule has 30 heavy (non-hydrogen) atoms. The second kappa shape index (κ2) is 7.83. The van der Waals surface area contributed by atoms with Gasteiger partial charge in [0.05, 0.1) is 11.7 Å². The number of fused-ring (bicyclic) bond motifs is 2. The van der Waals surface area contributed by atoms with Gasteiger partial charge >= 0.3 is 0 Å². The highest BCUT2D eigenvalue weighted by Gasteiger charge is 2.14. The van der Waals surface area contributed by atoms with E-state index in [2.05, 4.69) is 10.1 Å². The molecule has 6 heteroatoms. The smallest absolute Gasteiger partial charge is 0.248 e. The summed E-state index contributed by atoms with van der Waals surface area (Å²) in [4.78, 5) is 16.0. The number of rotatable bonds is 3. The number of furan rings is 1. The third kappa shape index (κ3) is 3.33. The minimum absolute atomic E-state index is 0. The highest BCUT2D eigenvalue weighted by Crippen LogP contribution is 2.34. The predicted octanol–water partition coefficient (Wildman–Crippen LogP) is 5.42. The second-order valence-electron chi connectivity index (χ2n) is 6.67. The Labute approximate surface area is 175 Å². The van der Waals surface area contributed by atoms with Gasteiger partial charge in [-0.1, -0.05) is 26.0 Å². The van der Waals surface area contributed by atoms with Crippen LogP contribution in [-0.4, -0.2) is 20.7 Å². The standard InChI is InChI=1S/C22H16N4O2.C2H6.H2/c1-26-19-6-5-14(10-16(19)12-25-26)20-11-18-21(28-20)17(7-8-24-18)13-3-2-4-15(9-13)22(23)27;1-2;/h2-12H,1H3,(H2,23,27);1-2H3;1H. The number of carbonyl (C=O) groups excluding carboxylic acids is 1. The zero-order valence-electron chi connectivity index (χ0n) is 17.1. The van der Waals surface area contributed by atoms with Gasteiger partial charge in [0.15, 0.2) is 5.58 Å². The van der Waals surface area contributed by atoms with Crippen LogP contribution < -0.4 is 5.73 Å². The number of aryl methyl sites for hydroxylation is 1. The van der Waals surface area contributed by atoms with Crippen molar-refractivity contribution >= 4 is 27.9 Å². The Morgan fingerprint density at radius 1 is 1.07 bits per heavy atom. The highest BCUT2D eigenvalue weighted by atomic mass is 16.3. The summed E-state index contributed by atoms with van der Waals surface area (Å²) in [5.41, 5.74) is 11.0.